The third-order valence-corrected chi connectivity index (χ3v) is 3.04. The fourth-order valence-electron chi connectivity index (χ4n) is 1.73. The Labute approximate surface area is 116 Å². The molecular formula is C13H17N5O2. The van der Waals surface area contributed by atoms with Crippen LogP contribution in [-0.2, 0) is 6.54 Å². The average Bonchev–Trinajstić information content (AvgIpc) is 3.18. The van der Waals surface area contributed by atoms with E-state index in [-0.39, 0.29) is 0 Å². The summed E-state index contributed by atoms with van der Waals surface area (Å²) in [7, 11) is 0. The summed E-state index contributed by atoms with van der Waals surface area (Å²) in [6, 6.07) is 3.57. The van der Waals surface area contributed by atoms with Gasteiger partial charge in [-0.05, 0) is 30.9 Å². The van der Waals surface area contributed by atoms with Crippen LogP contribution in [0.2, 0.25) is 0 Å². The van der Waals surface area contributed by atoms with E-state index in [9.17, 15) is 0 Å². The van der Waals surface area contributed by atoms with Gasteiger partial charge in [0.15, 0.2) is 5.82 Å². The summed E-state index contributed by atoms with van der Waals surface area (Å²) >= 11 is 0. The third kappa shape index (κ3) is 3.17. The van der Waals surface area contributed by atoms with Crippen LogP contribution in [0.25, 0.3) is 0 Å². The number of ether oxygens (including phenoxy) is 1. The molecule has 20 heavy (non-hydrogen) atoms. The number of aryl methyl sites for hydroxylation is 1. The first-order valence-electron chi connectivity index (χ1n) is 6.63. The molecule has 1 fully saturated rings. The van der Waals surface area contributed by atoms with E-state index >= 15 is 0 Å². The zero-order valence-corrected chi connectivity index (χ0v) is 11.3. The van der Waals surface area contributed by atoms with Crippen molar-refractivity contribution in [2.75, 3.05) is 17.7 Å². The van der Waals surface area contributed by atoms with Crippen molar-refractivity contribution in [1.29, 1.82) is 0 Å². The Morgan fingerprint density at radius 1 is 1.40 bits per heavy atom. The van der Waals surface area contributed by atoms with Gasteiger partial charge >= 0.3 is 0 Å². The number of pyridine rings is 1. The lowest BCUT2D eigenvalue weighted by atomic mass is 10.4. The largest absolute Gasteiger partial charge is 0.476 e. The first-order valence-corrected chi connectivity index (χ1v) is 6.63. The topological polar surface area (TPSA) is 99.1 Å². The molecule has 0 atom stereocenters. The Morgan fingerprint density at radius 2 is 2.25 bits per heavy atom. The van der Waals surface area contributed by atoms with Crippen molar-refractivity contribution in [2.24, 2.45) is 5.92 Å². The maximum absolute atomic E-state index is 5.85. The molecule has 7 heteroatoms. The fraction of sp³-hybridized carbons (Fsp3) is 0.462. The van der Waals surface area contributed by atoms with Gasteiger partial charge in [0.05, 0.1) is 18.8 Å². The van der Waals surface area contributed by atoms with Crippen molar-refractivity contribution in [3.63, 3.8) is 0 Å². The standard InChI is InChI=1S/C13H17N5O2/c1-8-16-12(18-20-8)6-15-11-5-4-10(14)13(17-11)19-7-9-2-3-9/h4-5,9H,2-3,6-7,14H2,1H3,(H,15,17). The Hall–Kier alpha value is -2.31. The number of nitrogens with two attached hydrogens (primary N) is 1. The molecule has 3 N–H and O–H groups in total. The van der Waals surface area contributed by atoms with E-state index in [2.05, 4.69) is 20.4 Å². The summed E-state index contributed by atoms with van der Waals surface area (Å²) < 4.78 is 10.5. The second-order valence-corrected chi connectivity index (χ2v) is 4.93. The van der Waals surface area contributed by atoms with Gasteiger partial charge in [-0.1, -0.05) is 5.16 Å². The molecule has 0 bridgehead atoms. The molecule has 2 aromatic heterocycles. The minimum Gasteiger partial charge on any atom is -0.476 e. The van der Waals surface area contributed by atoms with Gasteiger partial charge in [0, 0.05) is 6.92 Å². The van der Waals surface area contributed by atoms with E-state index in [4.69, 9.17) is 15.0 Å². The number of hydrogen-bond acceptors (Lipinski definition) is 7. The molecule has 2 aromatic rings. The molecule has 7 nitrogen and oxygen atoms in total. The number of nitrogen functional groups attached to an aromatic ring is 1. The third-order valence-electron chi connectivity index (χ3n) is 3.04. The molecule has 0 saturated heterocycles. The minimum atomic E-state index is 0.441. The summed E-state index contributed by atoms with van der Waals surface area (Å²) in [5, 5.41) is 6.92. The number of nitrogens with zero attached hydrogens (tertiary/aromatic N) is 3. The van der Waals surface area contributed by atoms with Crippen LogP contribution in [0.4, 0.5) is 11.5 Å². The van der Waals surface area contributed by atoms with Crippen molar-refractivity contribution in [3.05, 3.63) is 23.8 Å². The van der Waals surface area contributed by atoms with Gasteiger partial charge < -0.3 is 20.3 Å². The zero-order valence-electron chi connectivity index (χ0n) is 11.3. The van der Waals surface area contributed by atoms with E-state index in [0.717, 1.165) is 0 Å². The van der Waals surface area contributed by atoms with E-state index in [1.54, 1.807) is 19.1 Å². The fourth-order valence-corrected chi connectivity index (χ4v) is 1.73. The first-order chi connectivity index (χ1) is 9.70. The van der Waals surface area contributed by atoms with Gasteiger partial charge in [0.1, 0.15) is 5.82 Å². The van der Waals surface area contributed by atoms with Crippen LogP contribution in [0, 0.1) is 12.8 Å². The minimum absolute atomic E-state index is 0.441. The molecule has 1 aliphatic carbocycles. The molecule has 2 heterocycles. The van der Waals surface area contributed by atoms with E-state index in [1.165, 1.54) is 12.8 Å². The number of nitrogens with one attached hydrogen (secondary N) is 1. The molecule has 0 radical (unpaired) electrons. The van der Waals surface area contributed by atoms with Crippen LogP contribution in [-0.4, -0.2) is 21.7 Å². The normalized spacial score (nSPS) is 14.2. The summed E-state index contributed by atoms with van der Waals surface area (Å²) in [5.41, 5.74) is 6.40. The van der Waals surface area contributed by atoms with Crippen molar-refractivity contribution >= 4 is 11.5 Å². The van der Waals surface area contributed by atoms with Crippen LogP contribution < -0.4 is 15.8 Å². The SMILES string of the molecule is Cc1nc(CNc2ccc(N)c(OCC3CC3)n2)no1. The van der Waals surface area contributed by atoms with E-state index < -0.39 is 0 Å². The van der Waals surface area contributed by atoms with Gasteiger partial charge in [0.2, 0.25) is 11.8 Å². The number of aromatic nitrogens is 3. The van der Waals surface area contributed by atoms with E-state index in [1.807, 2.05) is 0 Å². The predicted molar refractivity (Wildman–Crippen MR) is 73.2 cm³/mol. The second-order valence-electron chi connectivity index (χ2n) is 4.93. The monoisotopic (exact) mass is 275 g/mol. The van der Waals surface area contributed by atoms with Crippen LogP contribution in [0.5, 0.6) is 5.88 Å². The molecule has 0 amide bonds. The number of hydrogen-bond donors (Lipinski definition) is 2. The number of anilines is 2. The maximum atomic E-state index is 5.85. The predicted octanol–water partition coefficient (Wildman–Crippen LogP) is 1.76. The van der Waals surface area contributed by atoms with Gasteiger partial charge in [-0.15, -0.1) is 0 Å². The van der Waals surface area contributed by atoms with E-state index in [0.29, 0.717) is 48.2 Å². The lowest BCUT2D eigenvalue weighted by Gasteiger charge is -2.09. The lowest BCUT2D eigenvalue weighted by Crippen LogP contribution is -2.07. The molecule has 0 aliphatic heterocycles. The molecule has 0 spiro atoms. The summed E-state index contributed by atoms with van der Waals surface area (Å²) in [6.07, 6.45) is 2.46. The Morgan fingerprint density at radius 3 is 2.95 bits per heavy atom. The molecule has 0 unspecified atom stereocenters. The highest BCUT2D eigenvalue weighted by Crippen LogP contribution is 2.30. The Bertz CT molecular complexity index is 594. The van der Waals surface area contributed by atoms with Crippen molar-refractivity contribution < 1.29 is 9.26 Å². The van der Waals surface area contributed by atoms with Crippen molar-refractivity contribution in [2.45, 2.75) is 26.3 Å². The van der Waals surface area contributed by atoms with Crippen LogP contribution >= 0.6 is 0 Å². The molecule has 0 aromatic carbocycles. The molecular weight excluding hydrogens is 258 g/mol. The van der Waals surface area contributed by atoms with Crippen LogP contribution in [0.15, 0.2) is 16.7 Å². The molecule has 3 rings (SSSR count). The highest BCUT2D eigenvalue weighted by molar-refractivity contribution is 5.53. The maximum Gasteiger partial charge on any atom is 0.239 e. The Kier molecular flexibility index (Phi) is 3.41. The Balaban J connectivity index is 1.61. The smallest absolute Gasteiger partial charge is 0.239 e. The molecule has 106 valence electrons. The van der Waals surface area contributed by atoms with Gasteiger partial charge in [0.25, 0.3) is 0 Å². The van der Waals surface area contributed by atoms with Crippen LogP contribution in [0.3, 0.4) is 0 Å². The highest BCUT2D eigenvalue weighted by Gasteiger charge is 2.22. The van der Waals surface area contributed by atoms with Crippen molar-refractivity contribution in [1.82, 2.24) is 15.1 Å². The molecule has 1 saturated carbocycles. The highest BCUT2D eigenvalue weighted by atomic mass is 16.5. The molecule has 1 aliphatic rings. The first kappa shape index (κ1) is 12.7. The average molecular weight is 275 g/mol. The summed E-state index contributed by atoms with van der Waals surface area (Å²) in [4.78, 5) is 8.46. The summed E-state index contributed by atoms with van der Waals surface area (Å²) in [5.74, 6) is 2.94. The summed E-state index contributed by atoms with van der Waals surface area (Å²) in [6.45, 7) is 2.88. The number of rotatable bonds is 6. The second kappa shape index (κ2) is 5.36. The van der Waals surface area contributed by atoms with Gasteiger partial charge in [-0.2, -0.15) is 9.97 Å². The van der Waals surface area contributed by atoms with Crippen LogP contribution in [0.1, 0.15) is 24.6 Å². The van der Waals surface area contributed by atoms with Gasteiger partial charge in [-0.25, -0.2) is 0 Å². The van der Waals surface area contributed by atoms with Gasteiger partial charge in [-0.3, -0.25) is 0 Å². The van der Waals surface area contributed by atoms with Crippen molar-refractivity contribution in [3.8, 4) is 5.88 Å². The zero-order chi connectivity index (χ0) is 13.9. The lowest BCUT2D eigenvalue weighted by molar-refractivity contribution is 0.290. The quantitative estimate of drug-likeness (QED) is 0.828.